The van der Waals surface area contributed by atoms with Crippen LogP contribution in [0.4, 0.5) is 17.1 Å². The molecule has 0 atom stereocenters. The van der Waals surface area contributed by atoms with Gasteiger partial charge < -0.3 is 20.7 Å². The van der Waals surface area contributed by atoms with E-state index < -0.39 is 10.0 Å². The van der Waals surface area contributed by atoms with Gasteiger partial charge in [-0.25, -0.2) is 12.7 Å². The molecule has 0 saturated heterocycles. The average molecular weight is 449 g/mol. The lowest BCUT2D eigenvalue weighted by Crippen LogP contribution is -2.24. The van der Waals surface area contributed by atoms with Gasteiger partial charge in [-0.15, -0.1) is 0 Å². The Morgan fingerprint density at radius 2 is 1.61 bits per heavy atom. The first kappa shape index (κ1) is 24.2. The van der Waals surface area contributed by atoms with Gasteiger partial charge in [0.1, 0.15) is 10.6 Å². The van der Waals surface area contributed by atoms with Crippen LogP contribution >= 0.6 is 0 Å². The topological polar surface area (TPSA) is 117 Å². The highest BCUT2D eigenvalue weighted by Crippen LogP contribution is 2.29. The normalized spacial score (nSPS) is 11.2. The zero-order valence-electron chi connectivity index (χ0n) is 18.3. The Hall–Kier alpha value is -3.11. The van der Waals surface area contributed by atoms with Crippen LogP contribution in [-0.2, 0) is 19.6 Å². The molecular weight excluding hydrogens is 420 g/mol. The predicted molar refractivity (Wildman–Crippen MR) is 121 cm³/mol. The van der Waals surface area contributed by atoms with Crippen LogP contribution in [0.15, 0.2) is 41.3 Å². The fraction of sp³-hybridized carbons (Fsp3) is 0.333. The van der Waals surface area contributed by atoms with E-state index in [1.165, 1.54) is 33.3 Å². The molecule has 2 aromatic rings. The third-order valence-corrected chi connectivity index (χ3v) is 6.32. The second kappa shape index (κ2) is 10.3. The van der Waals surface area contributed by atoms with Crippen LogP contribution in [-0.4, -0.2) is 52.3 Å². The third-order valence-electron chi connectivity index (χ3n) is 4.49. The summed E-state index contributed by atoms with van der Waals surface area (Å²) in [7, 11) is 0.472. The van der Waals surface area contributed by atoms with Crippen LogP contribution in [0.1, 0.15) is 18.9 Å². The lowest BCUT2D eigenvalue weighted by Gasteiger charge is -2.16. The van der Waals surface area contributed by atoms with Crippen molar-refractivity contribution in [3.8, 4) is 5.75 Å². The van der Waals surface area contributed by atoms with Crippen LogP contribution in [0.3, 0.4) is 0 Å². The molecular formula is C21H28N4O5S. The zero-order valence-corrected chi connectivity index (χ0v) is 19.1. The maximum Gasteiger partial charge on any atom is 0.246 e. The standard InChI is InChI=1S/C21H28N4O5S/c1-6-20(26)23-15-8-7-14(2)17(11-15)22-13-21(27)24-16-9-10-18(30-5)19(12-16)31(28,29)25(3)4/h7-12,22H,6,13H2,1-5H3,(H,23,26)(H,24,27). The molecule has 0 aliphatic rings. The Morgan fingerprint density at radius 1 is 1.00 bits per heavy atom. The highest BCUT2D eigenvalue weighted by Gasteiger charge is 2.23. The quantitative estimate of drug-likeness (QED) is 0.543. The van der Waals surface area contributed by atoms with Crippen molar-refractivity contribution in [1.29, 1.82) is 0 Å². The van der Waals surface area contributed by atoms with Gasteiger partial charge in [-0.05, 0) is 42.8 Å². The van der Waals surface area contributed by atoms with Gasteiger partial charge in [-0.2, -0.15) is 0 Å². The van der Waals surface area contributed by atoms with Crippen LogP contribution in [0, 0.1) is 6.92 Å². The molecule has 10 heteroatoms. The van der Waals surface area contributed by atoms with Gasteiger partial charge in [0.2, 0.25) is 21.8 Å². The number of carbonyl (C=O) groups excluding carboxylic acids is 2. The molecule has 0 saturated carbocycles. The molecule has 0 aromatic heterocycles. The van der Waals surface area contributed by atoms with Gasteiger partial charge in [0.25, 0.3) is 0 Å². The van der Waals surface area contributed by atoms with E-state index in [1.807, 2.05) is 13.0 Å². The van der Waals surface area contributed by atoms with E-state index in [1.54, 1.807) is 25.1 Å². The summed E-state index contributed by atoms with van der Waals surface area (Å²) in [6.07, 6.45) is 0.367. The minimum absolute atomic E-state index is 0.0408. The molecule has 9 nitrogen and oxygen atoms in total. The van der Waals surface area contributed by atoms with Crippen molar-refractivity contribution in [2.45, 2.75) is 25.2 Å². The molecule has 0 aliphatic carbocycles. The van der Waals surface area contributed by atoms with Crippen molar-refractivity contribution in [3.63, 3.8) is 0 Å². The van der Waals surface area contributed by atoms with Crippen molar-refractivity contribution < 1.29 is 22.7 Å². The number of ether oxygens (including phenoxy) is 1. The van der Waals surface area contributed by atoms with Crippen molar-refractivity contribution in [2.24, 2.45) is 0 Å². The number of rotatable bonds is 9. The van der Waals surface area contributed by atoms with Crippen LogP contribution in [0.25, 0.3) is 0 Å². The van der Waals surface area contributed by atoms with Gasteiger partial charge in [-0.3, -0.25) is 9.59 Å². The summed E-state index contributed by atoms with van der Waals surface area (Å²) in [5, 5.41) is 8.49. The highest BCUT2D eigenvalue weighted by atomic mass is 32.2. The van der Waals surface area contributed by atoms with Gasteiger partial charge in [0.05, 0.1) is 13.7 Å². The third kappa shape index (κ3) is 6.19. The Bertz CT molecular complexity index is 1070. The lowest BCUT2D eigenvalue weighted by atomic mass is 10.1. The maximum atomic E-state index is 12.5. The Morgan fingerprint density at radius 3 is 2.23 bits per heavy atom. The summed E-state index contributed by atoms with van der Waals surface area (Å²) >= 11 is 0. The smallest absolute Gasteiger partial charge is 0.246 e. The number of methoxy groups -OCH3 is 1. The molecule has 31 heavy (non-hydrogen) atoms. The van der Waals surface area contributed by atoms with Crippen molar-refractivity contribution in [3.05, 3.63) is 42.0 Å². The summed E-state index contributed by atoms with van der Waals surface area (Å²) in [5.41, 5.74) is 2.57. The van der Waals surface area contributed by atoms with Gasteiger partial charge >= 0.3 is 0 Å². The van der Waals surface area contributed by atoms with E-state index in [9.17, 15) is 18.0 Å². The average Bonchev–Trinajstić information content (AvgIpc) is 2.73. The number of carbonyl (C=O) groups is 2. The number of sulfonamides is 1. The molecule has 0 bridgehead atoms. The van der Waals surface area contributed by atoms with Gasteiger partial charge in [0, 0.05) is 37.6 Å². The van der Waals surface area contributed by atoms with Gasteiger partial charge in [0.15, 0.2) is 0 Å². The van der Waals surface area contributed by atoms with E-state index in [2.05, 4.69) is 16.0 Å². The molecule has 0 spiro atoms. The summed E-state index contributed by atoms with van der Waals surface area (Å²) in [5.74, 6) is -0.275. The monoisotopic (exact) mass is 448 g/mol. The van der Waals surface area contributed by atoms with Crippen LogP contribution in [0.2, 0.25) is 0 Å². The number of benzene rings is 2. The Labute approximate surface area is 182 Å². The molecule has 0 aliphatic heterocycles. The second-order valence-electron chi connectivity index (χ2n) is 6.99. The number of aryl methyl sites for hydroxylation is 1. The summed E-state index contributed by atoms with van der Waals surface area (Å²) in [4.78, 5) is 24.0. The Balaban J connectivity index is 2.12. The fourth-order valence-corrected chi connectivity index (χ4v) is 3.75. The highest BCUT2D eigenvalue weighted by molar-refractivity contribution is 7.89. The minimum Gasteiger partial charge on any atom is -0.495 e. The molecule has 0 unspecified atom stereocenters. The van der Waals surface area contributed by atoms with E-state index in [0.717, 1.165) is 9.87 Å². The zero-order chi connectivity index (χ0) is 23.2. The second-order valence-corrected chi connectivity index (χ2v) is 9.11. The number of hydrogen-bond donors (Lipinski definition) is 3. The summed E-state index contributed by atoms with van der Waals surface area (Å²) in [6.45, 7) is 3.60. The fourth-order valence-electron chi connectivity index (χ4n) is 2.67. The number of nitrogens with one attached hydrogen (secondary N) is 3. The Kier molecular flexibility index (Phi) is 8.01. The molecule has 2 amide bonds. The number of amides is 2. The lowest BCUT2D eigenvalue weighted by molar-refractivity contribution is -0.116. The van der Waals surface area contributed by atoms with E-state index in [-0.39, 0.29) is 29.0 Å². The van der Waals surface area contributed by atoms with Crippen LogP contribution < -0.4 is 20.7 Å². The number of nitrogens with zero attached hydrogens (tertiary/aromatic N) is 1. The van der Waals surface area contributed by atoms with E-state index in [0.29, 0.717) is 23.5 Å². The molecule has 168 valence electrons. The van der Waals surface area contributed by atoms with E-state index in [4.69, 9.17) is 4.74 Å². The molecule has 2 rings (SSSR count). The van der Waals surface area contributed by atoms with Crippen molar-refractivity contribution in [2.75, 3.05) is 43.7 Å². The van der Waals surface area contributed by atoms with Gasteiger partial charge in [-0.1, -0.05) is 13.0 Å². The SMILES string of the molecule is CCC(=O)Nc1ccc(C)c(NCC(=O)Nc2ccc(OC)c(S(=O)(=O)N(C)C)c2)c1. The number of anilines is 3. The molecule has 2 aromatic carbocycles. The maximum absolute atomic E-state index is 12.5. The number of hydrogen-bond acceptors (Lipinski definition) is 6. The van der Waals surface area contributed by atoms with E-state index >= 15 is 0 Å². The molecule has 0 fully saturated rings. The first-order valence-electron chi connectivity index (χ1n) is 9.63. The molecule has 3 N–H and O–H groups in total. The first-order valence-corrected chi connectivity index (χ1v) is 11.1. The molecule has 0 radical (unpaired) electrons. The minimum atomic E-state index is -3.75. The summed E-state index contributed by atoms with van der Waals surface area (Å²) < 4.78 is 31.3. The predicted octanol–water partition coefficient (Wildman–Crippen LogP) is 2.65. The van der Waals surface area contributed by atoms with Crippen molar-refractivity contribution in [1.82, 2.24) is 4.31 Å². The largest absolute Gasteiger partial charge is 0.495 e. The van der Waals surface area contributed by atoms with Crippen molar-refractivity contribution >= 4 is 38.9 Å². The van der Waals surface area contributed by atoms with Crippen LogP contribution in [0.5, 0.6) is 5.75 Å². The summed E-state index contributed by atoms with van der Waals surface area (Å²) in [6, 6.07) is 9.80. The molecule has 0 heterocycles. The first-order chi connectivity index (χ1) is 14.6.